The van der Waals surface area contributed by atoms with E-state index < -0.39 is 0 Å². The van der Waals surface area contributed by atoms with Crippen LogP contribution >= 0.6 is 11.8 Å². The summed E-state index contributed by atoms with van der Waals surface area (Å²) in [5.41, 5.74) is 2.15. The van der Waals surface area contributed by atoms with Crippen molar-refractivity contribution in [1.29, 1.82) is 0 Å². The predicted molar refractivity (Wildman–Crippen MR) is 91.8 cm³/mol. The predicted octanol–water partition coefficient (Wildman–Crippen LogP) is 3.53. The van der Waals surface area contributed by atoms with Crippen molar-refractivity contribution in [3.63, 3.8) is 0 Å². The molecule has 2 N–H and O–H groups in total. The van der Waals surface area contributed by atoms with Crippen LogP contribution < -0.4 is 5.32 Å². The first-order valence-electron chi connectivity index (χ1n) is 7.43. The van der Waals surface area contributed by atoms with Gasteiger partial charge in [-0.3, -0.25) is 10.1 Å². The van der Waals surface area contributed by atoms with E-state index in [-0.39, 0.29) is 17.2 Å². The molecule has 0 atom stereocenters. The van der Waals surface area contributed by atoms with Crippen LogP contribution in [0.3, 0.4) is 0 Å². The van der Waals surface area contributed by atoms with E-state index in [1.54, 1.807) is 12.1 Å². The molecule has 0 aliphatic heterocycles. The standard InChI is InChI=1S/C17H20N2O3S/c1-13-3-6-15(7-4-13)23-17-8-5-14(11-16(17)19(21)22)12-18-9-2-10-20/h3-8,11,18,20H,2,9-10,12H2,1H3. The van der Waals surface area contributed by atoms with E-state index >= 15 is 0 Å². The summed E-state index contributed by atoms with van der Waals surface area (Å²) in [6.45, 7) is 3.38. The normalized spacial score (nSPS) is 10.7. The van der Waals surface area contributed by atoms with Crippen molar-refractivity contribution in [2.24, 2.45) is 0 Å². The Morgan fingerprint density at radius 1 is 1.22 bits per heavy atom. The number of nitrogens with one attached hydrogen (secondary N) is 1. The lowest BCUT2D eigenvalue weighted by Crippen LogP contribution is -2.15. The molecule has 6 heteroatoms. The molecule has 0 heterocycles. The van der Waals surface area contributed by atoms with E-state index in [1.807, 2.05) is 37.3 Å². The van der Waals surface area contributed by atoms with Gasteiger partial charge in [-0.25, -0.2) is 0 Å². The number of nitro benzene ring substituents is 1. The Morgan fingerprint density at radius 2 is 1.96 bits per heavy atom. The molecule has 0 aliphatic carbocycles. The zero-order valence-electron chi connectivity index (χ0n) is 13.0. The van der Waals surface area contributed by atoms with E-state index in [1.165, 1.54) is 11.8 Å². The highest BCUT2D eigenvalue weighted by Gasteiger charge is 2.15. The molecule has 0 unspecified atom stereocenters. The van der Waals surface area contributed by atoms with Crippen LogP contribution in [0.1, 0.15) is 17.5 Å². The molecule has 0 radical (unpaired) electrons. The van der Waals surface area contributed by atoms with Crippen molar-refractivity contribution >= 4 is 17.4 Å². The molecule has 2 aromatic carbocycles. The van der Waals surface area contributed by atoms with E-state index in [4.69, 9.17) is 5.11 Å². The van der Waals surface area contributed by atoms with Crippen LogP contribution in [0, 0.1) is 17.0 Å². The van der Waals surface area contributed by atoms with Gasteiger partial charge in [-0.05, 0) is 43.7 Å². The molecule has 0 bridgehead atoms. The molecule has 0 amide bonds. The zero-order valence-corrected chi connectivity index (χ0v) is 13.8. The van der Waals surface area contributed by atoms with Crippen molar-refractivity contribution in [2.45, 2.75) is 29.7 Å². The second-order valence-electron chi connectivity index (χ2n) is 5.23. The van der Waals surface area contributed by atoms with Gasteiger partial charge in [0.25, 0.3) is 5.69 Å². The minimum Gasteiger partial charge on any atom is -0.396 e. The van der Waals surface area contributed by atoms with Gasteiger partial charge >= 0.3 is 0 Å². The molecule has 122 valence electrons. The van der Waals surface area contributed by atoms with Gasteiger partial charge in [0.05, 0.1) is 9.82 Å². The maximum atomic E-state index is 11.3. The Morgan fingerprint density at radius 3 is 2.61 bits per heavy atom. The van der Waals surface area contributed by atoms with Gasteiger partial charge in [0.15, 0.2) is 0 Å². The Balaban J connectivity index is 2.12. The molecule has 0 saturated heterocycles. The van der Waals surface area contributed by atoms with Gasteiger partial charge < -0.3 is 10.4 Å². The second-order valence-corrected chi connectivity index (χ2v) is 6.34. The minimum absolute atomic E-state index is 0.122. The molecule has 0 aliphatic rings. The van der Waals surface area contributed by atoms with Crippen molar-refractivity contribution < 1.29 is 10.0 Å². The number of rotatable bonds is 8. The Hall–Kier alpha value is -1.89. The summed E-state index contributed by atoms with van der Waals surface area (Å²) in [4.78, 5) is 12.6. The second kappa shape index (κ2) is 8.67. The molecular formula is C17H20N2O3S. The van der Waals surface area contributed by atoms with E-state index in [0.717, 1.165) is 16.0 Å². The Bertz CT molecular complexity index is 659. The van der Waals surface area contributed by atoms with Gasteiger partial charge in [-0.2, -0.15) is 0 Å². The lowest BCUT2D eigenvalue weighted by molar-refractivity contribution is -0.387. The first-order valence-corrected chi connectivity index (χ1v) is 8.25. The number of nitrogens with zero attached hydrogens (tertiary/aromatic N) is 1. The number of benzene rings is 2. The topological polar surface area (TPSA) is 75.4 Å². The molecular weight excluding hydrogens is 312 g/mol. The van der Waals surface area contributed by atoms with Gasteiger partial charge in [0.1, 0.15) is 0 Å². The number of nitro groups is 1. The quantitative estimate of drug-likeness (QED) is 0.439. The van der Waals surface area contributed by atoms with Gasteiger partial charge in [-0.15, -0.1) is 0 Å². The SMILES string of the molecule is Cc1ccc(Sc2ccc(CNCCCO)cc2[N+](=O)[O-])cc1. The zero-order chi connectivity index (χ0) is 16.7. The number of hydrogen-bond donors (Lipinski definition) is 2. The molecule has 23 heavy (non-hydrogen) atoms. The number of hydrogen-bond acceptors (Lipinski definition) is 5. The maximum Gasteiger partial charge on any atom is 0.283 e. The fourth-order valence-electron chi connectivity index (χ4n) is 2.07. The van der Waals surface area contributed by atoms with Crippen molar-refractivity contribution in [1.82, 2.24) is 5.32 Å². The highest BCUT2D eigenvalue weighted by molar-refractivity contribution is 7.99. The van der Waals surface area contributed by atoms with Crippen LogP contribution in [0.25, 0.3) is 0 Å². The van der Waals surface area contributed by atoms with Crippen molar-refractivity contribution in [2.75, 3.05) is 13.2 Å². The summed E-state index contributed by atoms with van der Waals surface area (Å²) < 4.78 is 0. The fourth-order valence-corrected chi connectivity index (χ4v) is 2.97. The molecule has 5 nitrogen and oxygen atoms in total. The first-order chi connectivity index (χ1) is 11.1. The number of aliphatic hydroxyl groups is 1. The lowest BCUT2D eigenvalue weighted by atomic mass is 10.2. The van der Waals surface area contributed by atoms with Gasteiger partial charge in [0.2, 0.25) is 0 Å². The number of aryl methyl sites for hydroxylation is 1. The number of aliphatic hydroxyl groups excluding tert-OH is 1. The summed E-state index contributed by atoms with van der Waals surface area (Å²) in [6, 6.07) is 13.2. The van der Waals surface area contributed by atoms with Crippen LogP contribution in [0.4, 0.5) is 5.69 Å². The fraction of sp³-hybridized carbons (Fsp3) is 0.294. The third kappa shape index (κ3) is 5.35. The molecule has 0 spiro atoms. The third-order valence-electron chi connectivity index (χ3n) is 3.31. The average Bonchev–Trinajstić information content (AvgIpc) is 2.54. The molecule has 0 fully saturated rings. The van der Waals surface area contributed by atoms with Crippen LogP contribution in [0.5, 0.6) is 0 Å². The van der Waals surface area contributed by atoms with Crippen molar-refractivity contribution in [3.05, 3.63) is 63.7 Å². The molecule has 0 saturated carbocycles. The smallest absolute Gasteiger partial charge is 0.283 e. The highest BCUT2D eigenvalue weighted by atomic mass is 32.2. The van der Waals surface area contributed by atoms with E-state index in [0.29, 0.717) is 24.4 Å². The van der Waals surface area contributed by atoms with Gasteiger partial charge in [-0.1, -0.05) is 35.5 Å². The monoisotopic (exact) mass is 332 g/mol. The summed E-state index contributed by atoms with van der Waals surface area (Å²) in [6.07, 6.45) is 0.670. The summed E-state index contributed by atoms with van der Waals surface area (Å²) in [5, 5.41) is 23.2. The Kier molecular flexibility index (Phi) is 6.58. The maximum absolute atomic E-state index is 11.3. The summed E-state index contributed by atoms with van der Waals surface area (Å²) >= 11 is 1.40. The van der Waals surface area contributed by atoms with E-state index in [2.05, 4.69) is 5.32 Å². The van der Waals surface area contributed by atoms with Gasteiger partial charge in [0, 0.05) is 24.1 Å². The lowest BCUT2D eigenvalue weighted by Gasteiger charge is -2.07. The summed E-state index contributed by atoms with van der Waals surface area (Å²) in [7, 11) is 0. The minimum atomic E-state index is -0.340. The largest absolute Gasteiger partial charge is 0.396 e. The van der Waals surface area contributed by atoms with Crippen LogP contribution in [-0.2, 0) is 6.54 Å². The van der Waals surface area contributed by atoms with Crippen LogP contribution in [-0.4, -0.2) is 23.2 Å². The van der Waals surface area contributed by atoms with Crippen molar-refractivity contribution in [3.8, 4) is 0 Å². The first kappa shape index (κ1) is 17.5. The average molecular weight is 332 g/mol. The summed E-state index contributed by atoms with van der Waals surface area (Å²) in [5.74, 6) is 0. The van der Waals surface area contributed by atoms with E-state index in [9.17, 15) is 10.1 Å². The van der Waals surface area contributed by atoms with Crippen LogP contribution in [0.2, 0.25) is 0 Å². The molecule has 0 aromatic heterocycles. The Labute approximate surface area is 139 Å². The highest BCUT2D eigenvalue weighted by Crippen LogP contribution is 2.35. The molecule has 2 rings (SSSR count). The third-order valence-corrected chi connectivity index (χ3v) is 4.38. The van der Waals surface area contributed by atoms with Crippen LogP contribution in [0.15, 0.2) is 52.3 Å². The molecule has 2 aromatic rings.